The summed E-state index contributed by atoms with van der Waals surface area (Å²) in [5.41, 5.74) is 3.35. The second kappa shape index (κ2) is 8.81. The topological polar surface area (TPSA) is 80.3 Å². The highest BCUT2D eigenvalue weighted by Gasteiger charge is 2.09. The second-order valence-corrected chi connectivity index (χ2v) is 6.22. The smallest absolute Gasteiger partial charge is 0.253 e. The van der Waals surface area contributed by atoms with Gasteiger partial charge in [-0.05, 0) is 31.2 Å². The van der Waals surface area contributed by atoms with E-state index < -0.39 is 0 Å². The zero-order valence-electron chi connectivity index (χ0n) is 15.7. The minimum absolute atomic E-state index is 0.00811. The van der Waals surface area contributed by atoms with Gasteiger partial charge >= 0.3 is 0 Å². The molecule has 1 amide bonds. The molecule has 0 fully saturated rings. The van der Waals surface area contributed by atoms with Gasteiger partial charge in [0.2, 0.25) is 0 Å². The van der Waals surface area contributed by atoms with Crippen LogP contribution in [0.5, 0.6) is 5.75 Å². The summed E-state index contributed by atoms with van der Waals surface area (Å²) in [6, 6.07) is 16.4. The largest absolute Gasteiger partial charge is 0.496 e. The van der Waals surface area contributed by atoms with Crippen molar-refractivity contribution in [3.8, 4) is 5.75 Å². The number of para-hydroxylation sites is 1. The van der Waals surface area contributed by atoms with Crippen molar-refractivity contribution in [2.24, 2.45) is 0 Å². The molecule has 0 aliphatic carbocycles. The van der Waals surface area contributed by atoms with Crippen molar-refractivity contribution in [3.63, 3.8) is 0 Å². The van der Waals surface area contributed by atoms with Gasteiger partial charge in [-0.3, -0.25) is 14.6 Å². The third-order valence-electron chi connectivity index (χ3n) is 4.19. The van der Waals surface area contributed by atoms with Crippen molar-refractivity contribution in [2.75, 3.05) is 12.4 Å². The third-order valence-corrected chi connectivity index (χ3v) is 4.19. The first-order valence-electron chi connectivity index (χ1n) is 8.80. The number of anilines is 2. The number of nitrogens with one attached hydrogen (secondary N) is 2. The van der Waals surface area contributed by atoms with Crippen LogP contribution in [-0.2, 0) is 6.54 Å². The molecule has 3 aromatic rings. The molecule has 3 rings (SSSR count). The van der Waals surface area contributed by atoms with Gasteiger partial charge in [0.05, 0.1) is 24.6 Å². The minimum Gasteiger partial charge on any atom is -0.496 e. The average Bonchev–Trinajstić information content (AvgIpc) is 2.72. The number of ketones is 1. The second-order valence-electron chi connectivity index (χ2n) is 6.22. The lowest BCUT2D eigenvalue weighted by Gasteiger charge is -2.11. The summed E-state index contributed by atoms with van der Waals surface area (Å²) in [7, 11) is 1.60. The van der Waals surface area contributed by atoms with Gasteiger partial charge in [0.1, 0.15) is 5.75 Å². The van der Waals surface area contributed by atoms with E-state index in [0.29, 0.717) is 23.4 Å². The Labute approximate surface area is 163 Å². The van der Waals surface area contributed by atoms with Crippen LogP contribution in [0.25, 0.3) is 0 Å². The fourth-order valence-electron chi connectivity index (χ4n) is 2.74. The number of methoxy groups -OCH3 is 1. The number of amides is 1. The number of ether oxygens (including phenoxy) is 1. The number of rotatable bonds is 7. The normalized spacial score (nSPS) is 10.2. The van der Waals surface area contributed by atoms with Crippen LogP contribution in [0.3, 0.4) is 0 Å². The quantitative estimate of drug-likeness (QED) is 0.611. The Morgan fingerprint density at radius 2 is 1.75 bits per heavy atom. The number of pyridine rings is 1. The summed E-state index contributed by atoms with van der Waals surface area (Å²) >= 11 is 0. The number of carbonyl (C=O) groups is 2. The first kappa shape index (κ1) is 19.1. The Hall–Kier alpha value is -3.67. The van der Waals surface area contributed by atoms with E-state index in [4.69, 9.17) is 4.74 Å². The van der Waals surface area contributed by atoms with Crippen LogP contribution in [0.1, 0.15) is 33.2 Å². The Kier molecular flexibility index (Phi) is 6.01. The molecule has 0 aliphatic heterocycles. The van der Waals surface area contributed by atoms with Crippen LogP contribution in [0.2, 0.25) is 0 Å². The van der Waals surface area contributed by atoms with Gasteiger partial charge in [-0.2, -0.15) is 0 Å². The van der Waals surface area contributed by atoms with E-state index in [2.05, 4.69) is 15.6 Å². The van der Waals surface area contributed by atoms with Crippen LogP contribution in [0, 0.1) is 0 Å². The van der Waals surface area contributed by atoms with E-state index in [1.54, 1.807) is 37.6 Å². The van der Waals surface area contributed by atoms with Gasteiger partial charge in [-0.25, -0.2) is 0 Å². The first-order chi connectivity index (χ1) is 13.6. The number of hydrogen-bond donors (Lipinski definition) is 2. The van der Waals surface area contributed by atoms with Crippen LogP contribution in [0.15, 0.2) is 67.0 Å². The van der Waals surface area contributed by atoms with Crippen LogP contribution in [-0.4, -0.2) is 23.8 Å². The molecular formula is C22H21N3O3. The molecule has 28 heavy (non-hydrogen) atoms. The van der Waals surface area contributed by atoms with Crippen molar-refractivity contribution >= 4 is 23.1 Å². The third kappa shape index (κ3) is 4.73. The molecule has 0 bridgehead atoms. The molecule has 0 saturated carbocycles. The molecule has 6 nitrogen and oxygen atoms in total. The number of hydrogen-bond acceptors (Lipinski definition) is 5. The minimum atomic E-state index is -0.237. The van der Waals surface area contributed by atoms with Gasteiger partial charge in [0.25, 0.3) is 5.91 Å². The monoisotopic (exact) mass is 375 g/mol. The number of Topliss-reactive ketones (excluding diaryl/α,β-unsaturated/α-hetero) is 1. The predicted molar refractivity (Wildman–Crippen MR) is 108 cm³/mol. The molecule has 142 valence electrons. The maximum absolute atomic E-state index is 12.5. The Morgan fingerprint density at radius 3 is 2.54 bits per heavy atom. The van der Waals surface area contributed by atoms with E-state index in [-0.39, 0.29) is 11.7 Å². The molecule has 1 aromatic heterocycles. The van der Waals surface area contributed by atoms with Crippen molar-refractivity contribution in [1.29, 1.82) is 0 Å². The summed E-state index contributed by atoms with van der Waals surface area (Å²) < 4.78 is 5.30. The fourth-order valence-corrected chi connectivity index (χ4v) is 2.74. The summed E-state index contributed by atoms with van der Waals surface area (Å²) in [4.78, 5) is 28.2. The molecule has 0 saturated heterocycles. The number of nitrogens with zero attached hydrogens (tertiary/aromatic N) is 1. The molecule has 2 N–H and O–H groups in total. The summed E-state index contributed by atoms with van der Waals surface area (Å²) in [6.45, 7) is 1.87. The maximum Gasteiger partial charge on any atom is 0.253 e. The van der Waals surface area contributed by atoms with E-state index >= 15 is 0 Å². The molecule has 0 radical (unpaired) electrons. The van der Waals surface area contributed by atoms with Crippen LogP contribution >= 0.6 is 0 Å². The molecule has 1 heterocycles. The Bertz CT molecular complexity index is 1000. The molecule has 2 aromatic carbocycles. The van der Waals surface area contributed by atoms with Crippen molar-refractivity contribution < 1.29 is 14.3 Å². The van der Waals surface area contributed by atoms with Crippen molar-refractivity contribution in [2.45, 2.75) is 13.5 Å². The van der Waals surface area contributed by atoms with Gasteiger partial charge in [0, 0.05) is 29.6 Å². The lowest BCUT2D eigenvalue weighted by molar-refractivity contribution is 0.0949. The lowest BCUT2D eigenvalue weighted by atomic mass is 10.1. The standard InChI is InChI=1S/C22H21N3O3/c1-15(26)16-7-5-8-19(10-16)25-20-11-18(12-23-14-20)22(27)24-13-17-6-3-4-9-21(17)28-2/h3-12,14,25H,13H2,1-2H3,(H,24,27). The van der Waals surface area contributed by atoms with Gasteiger partial charge in [-0.15, -0.1) is 0 Å². The van der Waals surface area contributed by atoms with E-state index in [9.17, 15) is 9.59 Å². The molecule has 6 heteroatoms. The summed E-state index contributed by atoms with van der Waals surface area (Å²) in [6.07, 6.45) is 3.13. The fraction of sp³-hybridized carbons (Fsp3) is 0.136. The van der Waals surface area contributed by atoms with E-state index in [0.717, 1.165) is 17.0 Å². The maximum atomic E-state index is 12.5. The Morgan fingerprint density at radius 1 is 0.964 bits per heavy atom. The zero-order valence-corrected chi connectivity index (χ0v) is 15.7. The SMILES string of the molecule is COc1ccccc1CNC(=O)c1cncc(Nc2cccc(C(C)=O)c2)c1. The number of benzene rings is 2. The Balaban J connectivity index is 1.69. The van der Waals surface area contributed by atoms with Gasteiger partial charge < -0.3 is 15.4 Å². The number of aromatic nitrogens is 1. The highest BCUT2D eigenvalue weighted by molar-refractivity contribution is 5.96. The van der Waals surface area contributed by atoms with Gasteiger partial charge in [0.15, 0.2) is 5.78 Å². The van der Waals surface area contributed by atoms with Crippen LogP contribution in [0.4, 0.5) is 11.4 Å². The molecule has 0 unspecified atom stereocenters. The highest BCUT2D eigenvalue weighted by Crippen LogP contribution is 2.19. The lowest BCUT2D eigenvalue weighted by Crippen LogP contribution is -2.23. The number of carbonyl (C=O) groups excluding carboxylic acids is 2. The molecule has 0 aliphatic rings. The summed E-state index contributed by atoms with van der Waals surface area (Å²) in [5, 5.41) is 6.05. The van der Waals surface area contributed by atoms with Crippen molar-refractivity contribution in [1.82, 2.24) is 10.3 Å². The zero-order chi connectivity index (χ0) is 19.9. The first-order valence-corrected chi connectivity index (χ1v) is 8.80. The molecule has 0 atom stereocenters. The average molecular weight is 375 g/mol. The van der Waals surface area contributed by atoms with E-state index in [1.165, 1.54) is 13.1 Å². The predicted octanol–water partition coefficient (Wildman–Crippen LogP) is 3.97. The molecule has 0 spiro atoms. The summed E-state index contributed by atoms with van der Waals surface area (Å²) in [5.74, 6) is 0.479. The molecular weight excluding hydrogens is 354 g/mol. The van der Waals surface area contributed by atoms with Gasteiger partial charge in [-0.1, -0.05) is 30.3 Å². The van der Waals surface area contributed by atoms with Crippen molar-refractivity contribution in [3.05, 3.63) is 83.7 Å². The highest BCUT2D eigenvalue weighted by atomic mass is 16.5. The van der Waals surface area contributed by atoms with Crippen LogP contribution < -0.4 is 15.4 Å². The van der Waals surface area contributed by atoms with E-state index in [1.807, 2.05) is 30.3 Å².